The van der Waals surface area contributed by atoms with Gasteiger partial charge in [0.25, 0.3) is 0 Å². The number of carboxylic acid groups (broad SMARTS) is 1. The van der Waals surface area contributed by atoms with Crippen molar-refractivity contribution in [1.29, 1.82) is 0 Å². The highest BCUT2D eigenvalue weighted by Crippen LogP contribution is 2.32. The summed E-state index contributed by atoms with van der Waals surface area (Å²) in [6.07, 6.45) is 4.47. The zero-order valence-corrected chi connectivity index (χ0v) is 24.1. The summed E-state index contributed by atoms with van der Waals surface area (Å²) >= 11 is 0. The number of methoxy groups -OCH3 is 2. The van der Waals surface area contributed by atoms with E-state index in [2.05, 4.69) is 13.0 Å². The number of aryl methyl sites for hydroxylation is 2. The van der Waals surface area contributed by atoms with Gasteiger partial charge in [-0.2, -0.15) is 0 Å². The van der Waals surface area contributed by atoms with Gasteiger partial charge in [0.2, 0.25) is 0 Å². The molecule has 6 heteroatoms. The Labute approximate surface area is 242 Å². The first-order valence-electron chi connectivity index (χ1n) is 13.6. The normalized spacial score (nSPS) is 10.4. The largest absolute Gasteiger partial charge is 0.493 e. The van der Waals surface area contributed by atoms with Crippen LogP contribution in [0.2, 0.25) is 0 Å². The lowest BCUT2D eigenvalue weighted by Gasteiger charge is -2.14. The van der Waals surface area contributed by atoms with Crippen LogP contribution in [0.3, 0.4) is 0 Å². The first kappa shape index (κ1) is 30.8. The van der Waals surface area contributed by atoms with E-state index in [1.807, 2.05) is 91.9 Å². The highest BCUT2D eigenvalue weighted by atomic mass is 16.5. The Bertz CT molecular complexity index is 1400. The van der Waals surface area contributed by atoms with E-state index in [1.54, 1.807) is 20.3 Å². The van der Waals surface area contributed by atoms with Crippen LogP contribution in [-0.4, -0.2) is 25.3 Å². The number of carbonyl (C=O) groups is 1. The van der Waals surface area contributed by atoms with Gasteiger partial charge < -0.3 is 24.1 Å². The summed E-state index contributed by atoms with van der Waals surface area (Å²) in [5, 5.41) is 8.82. The van der Waals surface area contributed by atoms with Crippen LogP contribution in [0.1, 0.15) is 41.7 Å². The Morgan fingerprint density at radius 1 is 0.659 bits per heavy atom. The number of aliphatic carboxylic acids is 1. The van der Waals surface area contributed by atoms with Crippen molar-refractivity contribution in [2.45, 2.75) is 39.9 Å². The van der Waals surface area contributed by atoms with Crippen molar-refractivity contribution in [2.75, 3.05) is 14.2 Å². The summed E-state index contributed by atoms with van der Waals surface area (Å²) in [5.74, 6) is 1.85. The van der Waals surface area contributed by atoms with Crippen LogP contribution in [0.15, 0.2) is 97.1 Å². The Morgan fingerprint density at radius 2 is 1.22 bits per heavy atom. The highest BCUT2D eigenvalue weighted by Gasteiger charge is 2.10. The molecular weight excluding hydrogens is 516 g/mol. The number of benzene rings is 4. The van der Waals surface area contributed by atoms with Crippen LogP contribution in [-0.2, 0) is 30.8 Å². The molecule has 4 aromatic carbocycles. The average Bonchev–Trinajstić information content (AvgIpc) is 3.02. The minimum Gasteiger partial charge on any atom is -0.493 e. The molecule has 0 heterocycles. The molecule has 0 aromatic heterocycles. The number of rotatable bonds is 12. The molecule has 41 heavy (non-hydrogen) atoms. The first-order valence-corrected chi connectivity index (χ1v) is 13.6. The summed E-state index contributed by atoms with van der Waals surface area (Å²) < 4.78 is 22.4. The van der Waals surface area contributed by atoms with Crippen LogP contribution in [0.4, 0.5) is 0 Å². The highest BCUT2D eigenvalue weighted by molar-refractivity contribution is 5.85. The fraction of sp³-hybridized carbons (Fsp3) is 0.229. The lowest BCUT2D eigenvalue weighted by molar-refractivity contribution is -0.131. The Kier molecular flexibility index (Phi) is 12.3. The summed E-state index contributed by atoms with van der Waals surface area (Å²) in [4.78, 5) is 10.7. The van der Waals surface area contributed by atoms with Gasteiger partial charge in [-0.15, -0.1) is 0 Å². The molecule has 0 unspecified atom stereocenters. The maximum absolute atomic E-state index is 10.7. The van der Waals surface area contributed by atoms with Crippen LogP contribution in [0.5, 0.6) is 23.0 Å². The second-order valence-electron chi connectivity index (χ2n) is 9.11. The molecule has 4 aromatic rings. The fourth-order valence-corrected chi connectivity index (χ4v) is 4.03. The molecule has 0 spiro atoms. The van der Waals surface area contributed by atoms with Gasteiger partial charge in [0.1, 0.15) is 13.2 Å². The zero-order chi connectivity index (χ0) is 29.5. The Morgan fingerprint density at radius 3 is 1.73 bits per heavy atom. The molecule has 0 atom stereocenters. The summed E-state index contributed by atoms with van der Waals surface area (Å²) in [6, 6.07) is 29.7. The third kappa shape index (κ3) is 9.76. The standard InChI is InChI=1S/C19H20O4.C16H18O2/c1-3-15-11-17(22-2)18(12-16(15)9-10-19(20)21)23-13-14-7-5-4-6-8-14;1-3-13-9-10-15(16(11-13)17-2)18-12-14-7-5-4-6-8-14/h4-12H,3,13H2,1-2H3,(H,20,21);4-11H,3,12H2,1-2H3/b10-9+;. The number of hydrogen-bond donors (Lipinski definition) is 1. The summed E-state index contributed by atoms with van der Waals surface area (Å²) in [7, 11) is 3.26. The van der Waals surface area contributed by atoms with Crippen molar-refractivity contribution in [1.82, 2.24) is 0 Å². The molecule has 0 saturated carbocycles. The van der Waals surface area contributed by atoms with E-state index in [4.69, 9.17) is 24.1 Å². The third-order valence-electron chi connectivity index (χ3n) is 6.32. The number of ether oxygens (including phenoxy) is 4. The molecule has 1 N–H and O–H groups in total. The van der Waals surface area contributed by atoms with E-state index >= 15 is 0 Å². The average molecular weight is 555 g/mol. The van der Waals surface area contributed by atoms with Gasteiger partial charge in [-0.05, 0) is 71.0 Å². The molecule has 214 valence electrons. The lowest BCUT2D eigenvalue weighted by atomic mass is 10.0. The maximum Gasteiger partial charge on any atom is 0.328 e. The van der Waals surface area contributed by atoms with Gasteiger partial charge in [-0.3, -0.25) is 0 Å². The maximum atomic E-state index is 10.7. The van der Waals surface area contributed by atoms with E-state index < -0.39 is 5.97 Å². The van der Waals surface area contributed by atoms with Gasteiger partial charge in [0.05, 0.1) is 14.2 Å². The molecule has 0 bridgehead atoms. The monoisotopic (exact) mass is 554 g/mol. The number of carboxylic acids is 1. The first-order chi connectivity index (χ1) is 20.0. The zero-order valence-electron chi connectivity index (χ0n) is 24.1. The van der Waals surface area contributed by atoms with E-state index in [-0.39, 0.29) is 0 Å². The lowest BCUT2D eigenvalue weighted by Crippen LogP contribution is -2.00. The van der Waals surface area contributed by atoms with Crippen molar-refractivity contribution in [3.8, 4) is 23.0 Å². The molecule has 0 aliphatic carbocycles. The van der Waals surface area contributed by atoms with Crippen molar-refractivity contribution in [3.63, 3.8) is 0 Å². The summed E-state index contributed by atoms with van der Waals surface area (Å²) in [6.45, 7) is 5.12. The van der Waals surface area contributed by atoms with Crippen LogP contribution in [0.25, 0.3) is 6.08 Å². The van der Waals surface area contributed by atoms with E-state index in [1.165, 1.54) is 5.56 Å². The second kappa shape index (κ2) is 16.4. The number of hydrogen-bond acceptors (Lipinski definition) is 5. The minimum absolute atomic E-state index is 0.421. The van der Waals surface area contributed by atoms with Crippen molar-refractivity contribution in [2.24, 2.45) is 0 Å². The SMILES string of the molecule is CCc1cc(OC)c(OCc2ccccc2)cc1/C=C/C(=O)O.CCc1ccc(OCc2ccccc2)c(OC)c1. The topological polar surface area (TPSA) is 74.2 Å². The van der Waals surface area contributed by atoms with Gasteiger partial charge >= 0.3 is 5.97 Å². The molecule has 0 amide bonds. The molecule has 0 aliphatic heterocycles. The van der Waals surface area contributed by atoms with Crippen LogP contribution >= 0.6 is 0 Å². The third-order valence-corrected chi connectivity index (χ3v) is 6.32. The van der Waals surface area contributed by atoms with E-state index in [0.717, 1.165) is 52.7 Å². The minimum atomic E-state index is -0.977. The van der Waals surface area contributed by atoms with Crippen molar-refractivity contribution in [3.05, 3.63) is 125 Å². The van der Waals surface area contributed by atoms with Gasteiger partial charge in [-0.1, -0.05) is 80.6 Å². The molecule has 0 saturated heterocycles. The fourth-order valence-electron chi connectivity index (χ4n) is 4.03. The van der Waals surface area contributed by atoms with Crippen LogP contribution < -0.4 is 18.9 Å². The Hall–Kier alpha value is -4.71. The molecule has 0 aliphatic rings. The van der Waals surface area contributed by atoms with Crippen molar-refractivity contribution >= 4 is 12.0 Å². The quantitative estimate of drug-likeness (QED) is 0.180. The smallest absolute Gasteiger partial charge is 0.328 e. The molecule has 0 radical (unpaired) electrons. The molecule has 0 fully saturated rings. The van der Waals surface area contributed by atoms with Gasteiger partial charge in [0, 0.05) is 6.08 Å². The molecule has 6 nitrogen and oxygen atoms in total. The van der Waals surface area contributed by atoms with Crippen molar-refractivity contribution < 1.29 is 28.8 Å². The predicted molar refractivity (Wildman–Crippen MR) is 163 cm³/mol. The van der Waals surface area contributed by atoms with E-state index in [9.17, 15) is 4.79 Å². The Balaban J connectivity index is 0.000000232. The molecular formula is C35H38O6. The van der Waals surface area contributed by atoms with Gasteiger partial charge in [0.15, 0.2) is 23.0 Å². The predicted octanol–water partition coefficient (Wildman–Crippen LogP) is 7.77. The summed E-state index contributed by atoms with van der Waals surface area (Å²) in [5.41, 5.74) is 5.28. The van der Waals surface area contributed by atoms with Crippen LogP contribution in [0, 0.1) is 0 Å². The second-order valence-corrected chi connectivity index (χ2v) is 9.11. The van der Waals surface area contributed by atoms with Gasteiger partial charge in [-0.25, -0.2) is 4.79 Å². The molecule has 4 rings (SSSR count). The van der Waals surface area contributed by atoms with E-state index in [0.29, 0.717) is 24.7 Å².